The number of hydrogen-bond acceptors (Lipinski definition) is 7. The van der Waals surface area contributed by atoms with Crippen LogP contribution in [-0.2, 0) is 13.0 Å². The zero-order valence-corrected chi connectivity index (χ0v) is 15.7. The third-order valence-corrected chi connectivity index (χ3v) is 5.96. The summed E-state index contributed by atoms with van der Waals surface area (Å²) in [5.41, 5.74) is 11.1. The molecule has 0 unspecified atom stereocenters. The molecule has 2 aromatic rings. The van der Waals surface area contributed by atoms with Gasteiger partial charge in [-0.2, -0.15) is 5.26 Å². The van der Waals surface area contributed by atoms with Crippen LogP contribution in [0, 0.1) is 11.3 Å². The van der Waals surface area contributed by atoms with E-state index in [9.17, 15) is 5.26 Å². The van der Waals surface area contributed by atoms with E-state index in [0.717, 1.165) is 73.9 Å². The molecule has 5 rings (SSSR count). The number of aromatic nitrogens is 1. The number of ether oxygens (including phenoxy) is 2. The Kier molecular flexibility index (Phi) is 4.21. The Hall–Kier alpha value is -2.98. The number of nitrogens with two attached hydrogens (primary N) is 1. The summed E-state index contributed by atoms with van der Waals surface area (Å²) in [6.07, 6.45) is 2.99. The van der Waals surface area contributed by atoms with Crippen LogP contribution >= 0.6 is 0 Å². The van der Waals surface area contributed by atoms with E-state index in [0.29, 0.717) is 17.3 Å². The Morgan fingerprint density at radius 2 is 2.18 bits per heavy atom. The topological polar surface area (TPSA) is 96.4 Å². The number of anilines is 2. The summed E-state index contributed by atoms with van der Waals surface area (Å²) in [5.74, 6) is 2.25. The van der Waals surface area contributed by atoms with Gasteiger partial charge in [0, 0.05) is 43.5 Å². The molecule has 144 valence electrons. The van der Waals surface area contributed by atoms with Gasteiger partial charge in [-0.3, -0.25) is 0 Å². The molecule has 1 saturated heterocycles. The second-order valence-corrected chi connectivity index (χ2v) is 7.58. The van der Waals surface area contributed by atoms with Gasteiger partial charge in [0.15, 0.2) is 11.5 Å². The first-order valence-corrected chi connectivity index (χ1v) is 9.81. The summed E-state index contributed by atoms with van der Waals surface area (Å²) in [6, 6.07) is 8.39. The standard InChI is InChI=1S/C21H23N5O2/c22-9-15-20(13-2-1-6-24-10-13)16-11-26(7-5-17(16)25-21(15)23)14-3-4-18-19(8-14)28-12-27-18/h3-4,8,13,24H,1-2,5-7,10-12H2,(H2,23,25)/t13-/m1/s1. The average Bonchev–Trinajstić information content (AvgIpc) is 3.21. The number of nitrogen functional groups attached to an aromatic ring is 1. The lowest BCUT2D eigenvalue weighted by Gasteiger charge is -2.34. The molecule has 4 heterocycles. The van der Waals surface area contributed by atoms with E-state index in [1.165, 1.54) is 5.56 Å². The quantitative estimate of drug-likeness (QED) is 0.829. The van der Waals surface area contributed by atoms with E-state index < -0.39 is 0 Å². The number of nitrogens with one attached hydrogen (secondary N) is 1. The molecule has 7 heteroatoms. The van der Waals surface area contributed by atoms with Crippen LogP contribution in [0.4, 0.5) is 11.5 Å². The highest BCUT2D eigenvalue weighted by atomic mass is 16.7. The van der Waals surface area contributed by atoms with E-state index in [4.69, 9.17) is 15.2 Å². The lowest BCUT2D eigenvalue weighted by molar-refractivity contribution is 0.174. The Balaban J connectivity index is 1.54. The van der Waals surface area contributed by atoms with E-state index in [-0.39, 0.29) is 6.79 Å². The normalized spacial score (nSPS) is 20.5. The Labute approximate surface area is 164 Å². The SMILES string of the molecule is N#Cc1c(N)nc2c(c1[C@@H]1CCCNC1)CN(c1ccc3c(c1)OCO3)CC2. The van der Waals surface area contributed by atoms with Gasteiger partial charge in [-0.1, -0.05) is 0 Å². The van der Waals surface area contributed by atoms with Gasteiger partial charge in [0.05, 0.1) is 5.56 Å². The first-order chi connectivity index (χ1) is 13.7. The second kappa shape index (κ2) is 6.88. The maximum atomic E-state index is 9.79. The van der Waals surface area contributed by atoms with Gasteiger partial charge in [0.1, 0.15) is 11.9 Å². The van der Waals surface area contributed by atoms with Gasteiger partial charge in [0.25, 0.3) is 0 Å². The molecule has 0 amide bonds. The summed E-state index contributed by atoms with van der Waals surface area (Å²) in [6.45, 7) is 3.77. The molecule has 0 spiro atoms. The molecule has 0 saturated carbocycles. The molecule has 1 fully saturated rings. The largest absolute Gasteiger partial charge is 0.454 e. The van der Waals surface area contributed by atoms with Crippen LogP contribution < -0.4 is 25.4 Å². The van der Waals surface area contributed by atoms with Crippen LogP contribution in [0.25, 0.3) is 0 Å². The van der Waals surface area contributed by atoms with Crippen molar-refractivity contribution in [1.82, 2.24) is 10.3 Å². The van der Waals surface area contributed by atoms with Crippen LogP contribution in [0.1, 0.15) is 41.1 Å². The number of pyridine rings is 1. The highest BCUT2D eigenvalue weighted by molar-refractivity contribution is 5.62. The molecule has 28 heavy (non-hydrogen) atoms. The van der Waals surface area contributed by atoms with E-state index in [1.807, 2.05) is 12.1 Å². The Bertz CT molecular complexity index is 962. The number of hydrogen-bond donors (Lipinski definition) is 2. The van der Waals surface area contributed by atoms with Gasteiger partial charge in [-0.25, -0.2) is 4.98 Å². The fourth-order valence-corrected chi connectivity index (χ4v) is 4.58. The minimum absolute atomic E-state index is 0.273. The van der Waals surface area contributed by atoms with Crippen molar-refractivity contribution in [2.75, 3.05) is 37.1 Å². The number of nitrogens with zero attached hydrogens (tertiary/aromatic N) is 3. The molecule has 0 radical (unpaired) electrons. The zero-order valence-electron chi connectivity index (χ0n) is 15.7. The van der Waals surface area contributed by atoms with Gasteiger partial charge in [-0.15, -0.1) is 0 Å². The Morgan fingerprint density at radius 1 is 1.29 bits per heavy atom. The van der Waals surface area contributed by atoms with Crippen LogP contribution in [0.2, 0.25) is 0 Å². The summed E-state index contributed by atoms with van der Waals surface area (Å²) >= 11 is 0. The van der Waals surface area contributed by atoms with Gasteiger partial charge in [-0.05, 0) is 48.6 Å². The average molecular weight is 377 g/mol. The van der Waals surface area contributed by atoms with Crippen LogP contribution in [0.3, 0.4) is 0 Å². The maximum absolute atomic E-state index is 9.79. The minimum atomic E-state index is 0.273. The second-order valence-electron chi connectivity index (χ2n) is 7.58. The summed E-state index contributed by atoms with van der Waals surface area (Å²) in [7, 11) is 0. The van der Waals surface area contributed by atoms with Crippen molar-refractivity contribution in [3.05, 3.63) is 40.6 Å². The molecule has 3 N–H and O–H groups in total. The number of fused-ring (bicyclic) bond motifs is 2. The highest BCUT2D eigenvalue weighted by Crippen LogP contribution is 2.39. The predicted octanol–water partition coefficient (Wildman–Crippen LogP) is 2.29. The smallest absolute Gasteiger partial charge is 0.231 e. The molecule has 1 aromatic heterocycles. The van der Waals surface area contributed by atoms with Crippen LogP contribution in [0.5, 0.6) is 11.5 Å². The van der Waals surface area contributed by atoms with Crippen molar-refractivity contribution in [2.24, 2.45) is 0 Å². The van der Waals surface area contributed by atoms with Crippen molar-refractivity contribution < 1.29 is 9.47 Å². The zero-order chi connectivity index (χ0) is 19.1. The lowest BCUT2D eigenvalue weighted by atomic mass is 9.83. The molecule has 0 aliphatic carbocycles. The molecule has 1 aromatic carbocycles. The van der Waals surface area contributed by atoms with Crippen molar-refractivity contribution >= 4 is 11.5 Å². The van der Waals surface area contributed by atoms with Crippen LogP contribution in [0.15, 0.2) is 18.2 Å². The third kappa shape index (κ3) is 2.81. The predicted molar refractivity (Wildman–Crippen MR) is 106 cm³/mol. The molecule has 0 bridgehead atoms. The Morgan fingerprint density at radius 3 is 3.00 bits per heavy atom. The fourth-order valence-electron chi connectivity index (χ4n) is 4.58. The molecule has 7 nitrogen and oxygen atoms in total. The number of nitriles is 1. The maximum Gasteiger partial charge on any atom is 0.231 e. The van der Waals surface area contributed by atoms with Gasteiger partial charge >= 0.3 is 0 Å². The minimum Gasteiger partial charge on any atom is -0.454 e. The third-order valence-electron chi connectivity index (χ3n) is 5.96. The van der Waals surface area contributed by atoms with Gasteiger partial charge in [0.2, 0.25) is 6.79 Å². The van der Waals surface area contributed by atoms with Gasteiger partial charge < -0.3 is 25.4 Å². The van der Waals surface area contributed by atoms with Crippen molar-refractivity contribution in [2.45, 2.75) is 31.7 Å². The summed E-state index contributed by atoms with van der Waals surface area (Å²) in [5, 5.41) is 13.3. The van der Waals surface area contributed by atoms with E-state index in [2.05, 4.69) is 27.3 Å². The summed E-state index contributed by atoms with van der Waals surface area (Å²) in [4.78, 5) is 6.91. The molecular weight excluding hydrogens is 354 g/mol. The molecule has 3 aliphatic heterocycles. The summed E-state index contributed by atoms with van der Waals surface area (Å²) < 4.78 is 11.0. The van der Waals surface area contributed by atoms with E-state index >= 15 is 0 Å². The molecule has 1 atom stereocenters. The first-order valence-electron chi connectivity index (χ1n) is 9.81. The highest BCUT2D eigenvalue weighted by Gasteiger charge is 2.30. The monoisotopic (exact) mass is 377 g/mol. The number of piperidine rings is 1. The molecular formula is C21H23N5O2. The van der Waals surface area contributed by atoms with Crippen molar-refractivity contribution in [1.29, 1.82) is 5.26 Å². The van der Waals surface area contributed by atoms with E-state index in [1.54, 1.807) is 0 Å². The lowest BCUT2D eigenvalue weighted by Crippen LogP contribution is -2.35. The first kappa shape index (κ1) is 17.1. The van der Waals surface area contributed by atoms with Crippen molar-refractivity contribution in [3.63, 3.8) is 0 Å². The number of rotatable bonds is 2. The van der Waals surface area contributed by atoms with Crippen LogP contribution in [-0.4, -0.2) is 31.4 Å². The molecule has 3 aliphatic rings. The van der Waals surface area contributed by atoms with Crippen molar-refractivity contribution in [3.8, 4) is 17.6 Å². The number of benzene rings is 1. The fraction of sp³-hybridized carbons (Fsp3) is 0.429.